The molecule has 0 amide bonds. The van der Waals surface area contributed by atoms with Gasteiger partial charge in [-0.05, 0) is 31.2 Å². The van der Waals surface area contributed by atoms with Crippen LogP contribution in [0, 0.1) is 6.92 Å². The molecule has 3 heterocycles. The lowest BCUT2D eigenvalue weighted by Gasteiger charge is -2.23. The number of aromatic amines is 1. The molecule has 132 valence electrons. The highest BCUT2D eigenvalue weighted by atomic mass is 16.5. The van der Waals surface area contributed by atoms with Crippen molar-refractivity contribution in [3.8, 4) is 11.5 Å². The van der Waals surface area contributed by atoms with Gasteiger partial charge in [-0.1, -0.05) is 0 Å². The number of carbonyl (C=O) groups is 1. The van der Waals surface area contributed by atoms with Crippen LogP contribution >= 0.6 is 0 Å². The molecule has 7 nitrogen and oxygen atoms in total. The van der Waals surface area contributed by atoms with E-state index in [1.807, 2.05) is 0 Å². The van der Waals surface area contributed by atoms with Crippen molar-refractivity contribution in [1.29, 1.82) is 0 Å². The first kappa shape index (κ1) is 16.1. The van der Waals surface area contributed by atoms with Crippen LogP contribution in [0.4, 0.5) is 0 Å². The lowest BCUT2D eigenvalue weighted by Crippen LogP contribution is -2.30. The highest BCUT2D eigenvalue weighted by Gasteiger charge is 2.34. The third-order valence-corrected chi connectivity index (χ3v) is 4.47. The topological polar surface area (TPSA) is 98.6 Å². The Kier molecular flexibility index (Phi) is 3.64. The summed E-state index contributed by atoms with van der Waals surface area (Å²) in [6.45, 7) is 1.59. The minimum absolute atomic E-state index is 0.112. The van der Waals surface area contributed by atoms with Crippen molar-refractivity contribution in [2.75, 3.05) is 7.11 Å². The van der Waals surface area contributed by atoms with Crippen molar-refractivity contribution in [2.24, 2.45) is 0 Å². The average molecular weight is 353 g/mol. The van der Waals surface area contributed by atoms with Gasteiger partial charge >= 0.3 is 11.6 Å². The van der Waals surface area contributed by atoms with Crippen LogP contribution in [-0.2, 0) is 4.79 Å². The average Bonchev–Trinajstić information content (AvgIpc) is 2.59. The molecule has 1 aromatic carbocycles. The zero-order valence-corrected chi connectivity index (χ0v) is 14.1. The van der Waals surface area contributed by atoms with Crippen LogP contribution in [0.3, 0.4) is 0 Å². The first-order valence-corrected chi connectivity index (χ1v) is 8.02. The number of aromatic nitrogens is 1. The molecule has 0 saturated carbocycles. The van der Waals surface area contributed by atoms with E-state index >= 15 is 0 Å². The molecule has 1 aliphatic rings. The number of fused-ring (bicyclic) bond motifs is 2. The maximum Gasteiger partial charge on any atom is 0.343 e. The molecule has 0 bridgehead atoms. The molecule has 1 atom stereocenters. The summed E-state index contributed by atoms with van der Waals surface area (Å²) in [4.78, 5) is 39.8. The second-order valence-corrected chi connectivity index (χ2v) is 6.16. The van der Waals surface area contributed by atoms with Crippen molar-refractivity contribution >= 4 is 16.9 Å². The summed E-state index contributed by atoms with van der Waals surface area (Å²) in [6.07, 6.45) is -0.112. The van der Waals surface area contributed by atoms with Crippen LogP contribution in [0.2, 0.25) is 0 Å². The molecule has 0 aliphatic carbocycles. The van der Waals surface area contributed by atoms with E-state index in [0.717, 1.165) is 5.39 Å². The number of ether oxygens (including phenoxy) is 2. The SMILES string of the molecule is COc1ccc2[nH]c(=O)c([C@@H]3CC(=O)Oc4cc(C)oc(=O)c43)cc2c1. The zero-order chi connectivity index (χ0) is 18.4. The fourth-order valence-corrected chi connectivity index (χ4v) is 3.28. The highest BCUT2D eigenvalue weighted by molar-refractivity contribution is 5.82. The van der Waals surface area contributed by atoms with E-state index < -0.39 is 17.5 Å². The minimum atomic E-state index is -0.734. The van der Waals surface area contributed by atoms with Crippen molar-refractivity contribution in [3.05, 3.63) is 68.0 Å². The summed E-state index contributed by atoms with van der Waals surface area (Å²) >= 11 is 0. The zero-order valence-electron chi connectivity index (χ0n) is 14.1. The largest absolute Gasteiger partial charge is 0.497 e. The van der Waals surface area contributed by atoms with Crippen LogP contribution in [0.25, 0.3) is 10.9 Å². The van der Waals surface area contributed by atoms with Crippen LogP contribution in [0.1, 0.15) is 29.2 Å². The number of esters is 1. The molecular weight excluding hydrogens is 338 g/mol. The lowest BCUT2D eigenvalue weighted by atomic mass is 9.87. The molecule has 4 rings (SSSR count). The molecule has 26 heavy (non-hydrogen) atoms. The van der Waals surface area contributed by atoms with Crippen LogP contribution < -0.4 is 20.7 Å². The van der Waals surface area contributed by atoms with Gasteiger partial charge in [-0.15, -0.1) is 0 Å². The molecule has 7 heteroatoms. The Bertz CT molecular complexity index is 1160. The second kappa shape index (κ2) is 5.87. The molecule has 2 aromatic heterocycles. The van der Waals surface area contributed by atoms with Crippen LogP contribution in [0.15, 0.2) is 44.3 Å². The predicted molar refractivity (Wildman–Crippen MR) is 92.9 cm³/mol. The number of methoxy groups -OCH3 is 1. The number of aryl methyl sites for hydroxylation is 1. The summed E-state index contributed by atoms with van der Waals surface area (Å²) in [5.74, 6) is -0.126. The van der Waals surface area contributed by atoms with Gasteiger partial charge in [0.25, 0.3) is 5.56 Å². The normalized spacial score (nSPS) is 16.2. The molecule has 0 fully saturated rings. The summed E-state index contributed by atoms with van der Waals surface area (Å²) in [7, 11) is 1.55. The van der Waals surface area contributed by atoms with Gasteiger partial charge in [-0.3, -0.25) is 9.59 Å². The maximum atomic E-state index is 12.6. The van der Waals surface area contributed by atoms with Crippen molar-refractivity contribution in [1.82, 2.24) is 4.98 Å². The number of benzene rings is 1. The maximum absolute atomic E-state index is 12.6. The molecule has 3 aromatic rings. The Hall–Kier alpha value is -3.35. The molecule has 0 spiro atoms. The van der Waals surface area contributed by atoms with Crippen molar-refractivity contribution < 1.29 is 18.7 Å². The van der Waals surface area contributed by atoms with Crippen LogP contribution in [0.5, 0.6) is 11.5 Å². The smallest absolute Gasteiger partial charge is 0.343 e. The number of nitrogens with one attached hydrogen (secondary N) is 1. The summed E-state index contributed by atoms with van der Waals surface area (Å²) in [6, 6.07) is 8.40. The van der Waals surface area contributed by atoms with Crippen molar-refractivity contribution in [2.45, 2.75) is 19.3 Å². The molecule has 1 aliphatic heterocycles. The number of pyridine rings is 1. The highest BCUT2D eigenvalue weighted by Crippen LogP contribution is 2.36. The van der Waals surface area contributed by atoms with E-state index in [-0.39, 0.29) is 23.3 Å². The Morgan fingerprint density at radius 2 is 1.96 bits per heavy atom. The third kappa shape index (κ3) is 2.57. The molecular formula is C19H15NO6. The van der Waals surface area contributed by atoms with E-state index in [9.17, 15) is 14.4 Å². The van der Waals surface area contributed by atoms with Gasteiger partial charge < -0.3 is 18.9 Å². The van der Waals surface area contributed by atoms with E-state index in [4.69, 9.17) is 13.9 Å². The van der Waals surface area contributed by atoms with E-state index in [0.29, 0.717) is 22.6 Å². The first-order chi connectivity index (χ1) is 12.5. The van der Waals surface area contributed by atoms with Gasteiger partial charge in [0, 0.05) is 28.5 Å². The predicted octanol–water partition coefficient (Wildman–Crippen LogP) is 2.24. The molecule has 0 unspecified atom stereocenters. The van der Waals surface area contributed by atoms with Gasteiger partial charge in [-0.2, -0.15) is 0 Å². The summed E-state index contributed by atoms with van der Waals surface area (Å²) in [5, 5.41) is 0.732. The standard InChI is InChI=1S/C19H15NO6/c1-9-5-15-17(19(23)25-9)12(8-16(21)26-15)13-7-10-6-11(24-2)3-4-14(10)20-18(13)22/h3-7,12H,8H2,1-2H3,(H,20,22)/t12-/m0/s1. The number of H-pyrrole nitrogens is 1. The number of carbonyl (C=O) groups excluding carboxylic acids is 1. The second-order valence-electron chi connectivity index (χ2n) is 6.16. The lowest BCUT2D eigenvalue weighted by molar-refractivity contribution is -0.135. The fourth-order valence-electron chi connectivity index (χ4n) is 3.28. The number of hydrogen-bond acceptors (Lipinski definition) is 6. The fraction of sp³-hybridized carbons (Fsp3) is 0.211. The number of rotatable bonds is 2. The quantitative estimate of drug-likeness (QED) is 0.710. The van der Waals surface area contributed by atoms with E-state index in [1.165, 1.54) is 6.07 Å². The molecule has 1 N–H and O–H groups in total. The van der Waals surface area contributed by atoms with Gasteiger partial charge in [0.1, 0.15) is 17.3 Å². The van der Waals surface area contributed by atoms with Gasteiger partial charge in [-0.25, -0.2) is 4.79 Å². The van der Waals surface area contributed by atoms with E-state index in [1.54, 1.807) is 38.3 Å². The Balaban J connectivity index is 1.96. The Morgan fingerprint density at radius 3 is 2.73 bits per heavy atom. The van der Waals surface area contributed by atoms with Crippen LogP contribution in [-0.4, -0.2) is 18.1 Å². The summed E-state index contributed by atoms with van der Waals surface area (Å²) in [5.41, 5.74) is 0.146. The van der Waals surface area contributed by atoms with Gasteiger partial charge in [0.05, 0.1) is 19.1 Å². The van der Waals surface area contributed by atoms with Crippen molar-refractivity contribution in [3.63, 3.8) is 0 Å². The minimum Gasteiger partial charge on any atom is -0.497 e. The Morgan fingerprint density at radius 1 is 1.15 bits per heavy atom. The monoisotopic (exact) mass is 353 g/mol. The third-order valence-electron chi connectivity index (χ3n) is 4.47. The number of hydrogen-bond donors (Lipinski definition) is 1. The first-order valence-electron chi connectivity index (χ1n) is 8.02. The van der Waals surface area contributed by atoms with Gasteiger partial charge in [0.2, 0.25) is 0 Å². The Labute approximate surface area is 147 Å². The molecule has 0 saturated heterocycles. The molecule has 0 radical (unpaired) electrons. The van der Waals surface area contributed by atoms with E-state index in [2.05, 4.69) is 4.98 Å². The van der Waals surface area contributed by atoms with Gasteiger partial charge in [0.15, 0.2) is 0 Å². The summed E-state index contributed by atoms with van der Waals surface area (Å²) < 4.78 is 15.5.